The maximum absolute atomic E-state index is 13.8. The monoisotopic (exact) mass is 404 g/mol. The van der Waals surface area contributed by atoms with E-state index >= 15 is 0 Å². The fourth-order valence-electron chi connectivity index (χ4n) is 3.36. The smallest absolute Gasteiger partial charge is 0.264 e. The van der Waals surface area contributed by atoms with Crippen LogP contribution in [0, 0.1) is 19.7 Å². The van der Waals surface area contributed by atoms with Crippen molar-refractivity contribution in [2.75, 3.05) is 0 Å². The lowest BCUT2D eigenvalue weighted by Crippen LogP contribution is -2.24. The van der Waals surface area contributed by atoms with E-state index in [2.05, 4.69) is 14.9 Å². The summed E-state index contributed by atoms with van der Waals surface area (Å²) in [6, 6.07) is 6.07. The Balaban J connectivity index is 1.68. The minimum Gasteiger partial charge on any atom is -0.419 e. The second-order valence-corrected chi connectivity index (χ2v) is 8.79. The number of rotatable bonds is 6. The molecule has 0 amide bonds. The number of halogens is 1. The number of nitrogens with zero attached hydrogens (tertiary/aromatic N) is 3. The van der Waals surface area contributed by atoms with E-state index in [1.807, 2.05) is 0 Å². The molecule has 1 aromatic carbocycles. The van der Waals surface area contributed by atoms with Crippen LogP contribution in [0.3, 0.4) is 0 Å². The van der Waals surface area contributed by atoms with Crippen LogP contribution in [-0.4, -0.2) is 23.2 Å². The molecule has 2 heterocycles. The van der Waals surface area contributed by atoms with Crippen molar-refractivity contribution in [3.63, 3.8) is 0 Å². The molecule has 1 saturated carbocycles. The molecule has 0 saturated heterocycles. The standard InChI is InChI=1S/C19H21FN4O3S/c1-11-16(19-23-22-18(27-19)13-8-9-13)24(3)12(2)17(11)28(25,26)21-10-14-6-4-5-7-15(14)20/h4-7,13,21H,8-10H2,1-3H3. The normalized spacial score (nSPS) is 14.6. The number of benzene rings is 1. The van der Waals surface area contributed by atoms with Gasteiger partial charge in [-0.3, -0.25) is 0 Å². The maximum atomic E-state index is 13.8. The Morgan fingerprint density at radius 2 is 1.96 bits per heavy atom. The van der Waals surface area contributed by atoms with E-state index in [9.17, 15) is 12.8 Å². The molecule has 0 unspecified atom stereocenters. The summed E-state index contributed by atoms with van der Waals surface area (Å²) in [5.74, 6) is 0.760. The van der Waals surface area contributed by atoms with Gasteiger partial charge in [0.15, 0.2) is 0 Å². The summed E-state index contributed by atoms with van der Waals surface area (Å²) in [6.07, 6.45) is 2.07. The van der Waals surface area contributed by atoms with Crippen LogP contribution in [0.15, 0.2) is 33.6 Å². The molecule has 0 bridgehead atoms. The zero-order chi connectivity index (χ0) is 20.1. The Kier molecular flexibility index (Phi) is 4.59. The fraction of sp³-hybridized carbons (Fsp3) is 0.368. The number of sulfonamides is 1. The van der Waals surface area contributed by atoms with Crippen LogP contribution >= 0.6 is 0 Å². The van der Waals surface area contributed by atoms with Gasteiger partial charge < -0.3 is 8.98 Å². The van der Waals surface area contributed by atoms with E-state index in [1.165, 1.54) is 6.07 Å². The highest BCUT2D eigenvalue weighted by molar-refractivity contribution is 7.89. The lowest BCUT2D eigenvalue weighted by molar-refractivity contribution is 0.504. The second-order valence-electron chi connectivity index (χ2n) is 7.08. The van der Waals surface area contributed by atoms with Crippen LogP contribution in [0.4, 0.5) is 4.39 Å². The highest BCUT2D eigenvalue weighted by atomic mass is 32.2. The van der Waals surface area contributed by atoms with Gasteiger partial charge in [0.05, 0.1) is 0 Å². The Hall–Kier alpha value is -2.52. The van der Waals surface area contributed by atoms with Gasteiger partial charge in [0.2, 0.25) is 15.9 Å². The third-order valence-electron chi connectivity index (χ3n) is 5.11. The molecule has 1 aliphatic rings. The van der Waals surface area contributed by atoms with Crippen LogP contribution in [0.5, 0.6) is 0 Å². The van der Waals surface area contributed by atoms with Crippen molar-refractivity contribution in [2.24, 2.45) is 7.05 Å². The van der Waals surface area contributed by atoms with Gasteiger partial charge in [-0.15, -0.1) is 10.2 Å². The predicted molar refractivity (Wildman–Crippen MR) is 101 cm³/mol. The summed E-state index contributed by atoms with van der Waals surface area (Å²) in [6.45, 7) is 3.29. The SMILES string of the molecule is Cc1c(S(=O)(=O)NCc2ccccc2F)c(C)n(C)c1-c1nnc(C2CC2)o1. The number of hydrogen-bond donors (Lipinski definition) is 1. The molecule has 7 nitrogen and oxygen atoms in total. The van der Waals surface area contributed by atoms with Gasteiger partial charge in [0.25, 0.3) is 5.89 Å². The van der Waals surface area contributed by atoms with E-state index in [0.717, 1.165) is 12.8 Å². The largest absolute Gasteiger partial charge is 0.419 e. The van der Waals surface area contributed by atoms with E-state index in [1.54, 1.807) is 43.7 Å². The first-order valence-corrected chi connectivity index (χ1v) is 10.5. The Labute approximate surface area is 162 Å². The van der Waals surface area contributed by atoms with E-state index in [-0.39, 0.29) is 17.0 Å². The average Bonchev–Trinajstić information content (AvgIpc) is 3.34. The first kappa shape index (κ1) is 18.8. The first-order valence-electron chi connectivity index (χ1n) is 9.02. The number of aromatic nitrogens is 3. The molecule has 0 radical (unpaired) electrons. The third kappa shape index (κ3) is 3.24. The predicted octanol–water partition coefficient (Wildman–Crippen LogP) is 3.19. The molecule has 0 aliphatic heterocycles. The quantitative estimate of drug-likeness (QED) is 0.681. The minimum absolute atomic E-state index is 0.134. The van der Waals surface area contributed by atoms with E-state index in [0.29, 0.717) is 34.7 Å². The molecule has 28 heavy (non-hydrogen) atoms. The van der Waals surface area contributed by atoms with Gasteiger partial charge in [0, 0.05) is 36.3 Å². The van der Waals surface area contributed by atoms with Gasteiger partial charge >= 0.3 is 0 Å². The van der Waals surface area contributed by atoms with Crippen LogP contribution in [-0.2, 0) is 23.6 Å². The van der Waals surface area contributed by atoms with Crippen LogP contribution in [0.25, 0.3) is 11.6 Å². The molecular weight excluding hydrogens is 383 g/mol. The Bertz CT molecular complexity index is 1150. The fourth-order valence-corrected chi connectivity index (χ4v) is 4.88. The van der Waals surface area contributed by atoms with E-state index in [4.69, 9.17) is 4.42 Å². The highest BCUT2D eigenvalue weighted by Crippen LogP contribution is 2.41. The van der Waals surface area contributed by atoms with Crippen molar-refractivity contribution in [3.8, 4) is 11.6 Å². The number of hydrogen-bond acceptors (Lipinski definition) is 5. The van der Waals surface area contributed by atoms with Crippen molar-refractivity contribution in [1.29, 1.82) is 0 Å². The summed E-state index contributed by atoms with van der Waals surface area (Å²) in [5, 5.41) is 8.20. The molecule has 148 valence electrons. The topological polar surface area (TPSA) is 90.0 Å². The molecular formula is C19H21FN4O3S. The van der Waals surface area contributed by atoms with Crippen LogP contribution in [0.1, 0.15) is 41.5 Å². The first-order chi connectivity index (χ1) is 13.3. The van der Waals surface area contributed by atoms with Crippen molar-refractivity contribution in [2.45, 2.75) is 44.0 Å². The van der Waals surface area contributed by atoms with E-state index < -0.39 is 15.8 Å². The molecule has 1 N–H and O–H groups in total. The molecule has 0 spiro atoms. The van der Waals surface area contributed by atoms with Crippen LogP contribution in [0.2, 0.25) is 0 Å². The molecule has 1 aliphatic carbocycles. The molecule has 4 rings (SSSR count). The lowest BCUT2D eigenvalue weighted by Gasteiger charge is -2.08. The molecule has 0 atom stereocenters. The van der Waals surface area contributed by atoms with Gasteiger partial charge in [-0.2, -0.15) is 0 Å². The maximum Gasteiger partial charge on any atom is 0.264 e. The van der Waals surface area contributed by atoms with Crippen molar-refractivity contribution in [3.05, 3.63) is 52.8 Å². The second kappa shape index (κ2) is 6.82. The average molecular weight is 404 g/mol. The zero-order valence-electron chi connectivity index (χ0n) is 15.9. The lowest BCUT2D eigenvalue weighted by atomic mass is 10.2. The van der Waals surface area contributed by atoms with Crippen molar-refractivity contribution >= 4 is 10.0 Å². The molecule has 1 fully saturated rings. The van der Waals surface area contributed by atoms with Gasteiger partial charge in [-0.25, -0.2) is 17.5 Å². The Morgan fingerprint density at radius 1 is 1.25 bits per heavy atom. The summed E-state index contributed by atoms with van der Waals surface area (Å²) in [4.78, 5) is 0.146. The van der Waals surface area contributed by atoms with Gasteiger partial charge in [0.1, 0.15) is 16.4 Å². The summed E-state index contributed by atoms with van der Waals surface area (Å²) >= 11 is 0. The third-order valence-corrected chi connectivity index (χ3v) is 6.78. The van der Waals surface area contributed by atoms with Crippen LogP contribution < -0.4 is 4.72 Å². The van der Waals surface area contributed by atoms with Gasteiger partial charge in [-0.1, -0.05) is 18.2 Å². The molecule has 2 aromatic heterocycles. The zero-order valence-corrected chi connectivity index (χ0v) is 16.7. The van der Waals surface area contributed by atoms with Crippen molar-refractivity contribution < 1.29 is 17.2 Å². The molecule has 3 aromatic rings. The summed E-state index contributed by atoms with van der Waals surface area (Å²) < 4.78 is 49.8. The minimum atomic E-state index is -3.87. The summed E-state index contributed by atoms with van der Waals surface area (Å²) in [5.41, 5.74) is 1.92. The van der Waals surface area contributed by atoms with Crippen molar-refractivity contribution in [1.82, 2.24) is 19.5 Å². The summed E-state index contributed by atoms with van der Waals surface area (Å²) in [7, 11) is -2.11. The highest BCUT2D eigenvalue weighted by Gasteiger charge is 2.32. The molecule has 9 heteroatoms. The number of nitrogens with one attached hydrogen (secondary N) is 1. The van der Waals surface area contributed by atoms with Gasteiger partial charge in [-0.05, 0) is 32.8 Å². The Morgan fingerprint density at radius 3 is 2.64 bits per heavy atom.